The molecule has 1 aliphatic heterocycles. The molecule has 2 atom stereocenters. The van der Waals surface area contributed by atoms with Crippen LogP contribution in [0, 0.1) is 0 Å². The number of sulfonamides is 1. The molecule has 3 rings (SSSR count). The van der Waals surface area contributed by atoms with Crippen molar-refractivity contribution in [2.45, 2.75) is 62.0 Å². The van der Waals surface area contributed by atoms with E-state index in [4.69, 9.17) is 0 Å². The van der Waals surface area contributed by atoms with Gasteiger partial charge in [0.2, 0.25) is 15.9 Å². The van der Waals surface area contributed by atoms with Crippen LogP contribution in [0.5, 0.6) is 0 Å². The number of rotatable bonds is 6. The number of carbonyl (C=O) groups is 3. The van der Waals surface area contributed by atoms with Gasteiger partial charge in [0.1, 0.15) is 12.1 Å². The Morgan fingerprint density at radius 2 is 1.73 bits per heavy atom. The lowest BCUT2D eigenvalue weighted by atomic mass is 9.96. The van der Waals surface area contributed by atoms with Crippen LogP contribution in [0.2, 0.25) is 0 Å². The number of ether oxygens (including phenoxy) is 1. The molecule has 11 heteroatoms. The first-order valence-corrected chi connectivity index (χ1v) is 12.7. The number of hydrogen-bond acceptors (Lipinski definition) is 6. The van der Waals surface area contributed by atoms with Gasteiger partial charge in [0, 0.05) is 25.7 Å². The molecule has 1 aromatic rings. The average molecular weight is 481 g/mol. The van der Waals surface area contributed by atoms with E-state index in [1.807, 2.05) is 0 Å². The lowest BCUT2D eigenvalue weighted by Crippen LogP contribution is -2.64. The number of carbonyl (C=O) groups excluding carboxylic acids is 3. The largest absolute Gasteiger partial charge is 0.467 e. The van der Waals surface area contributed by atoms with Crippen molar-refractivity contribution in [3.05, 3.63) is 30.3 Å². The number of piperazine rings is 1. The molecule has 0 bridgehead atoms. The fraction of sp³-hybridized carbons (Fsp3) is 0.591. The lowest BCUT2D eigenvalue weighted by molar-refractivity contribution is -0.145. The minimum Gasteiger partial charge on any atom is -0.467 e. The molecule has 3 amide bonds. The van der Waals surface area contributed by atoms with Crippen LogP contribution < -0.4 is 10.6 Å². The van der Waals surface area contributed by atoms with E-state index in [0.29, 0.717) is 0 Å². The van der Waals surface area contributed by atoms with Crippen molar-refractivity contribution >= 4 is 27.9 Å². The van der Waals surface area contributed by atoms with Crippen molar-refractivity contribution in [3.63, 3.8) is 0 Å². The Kier molecular flexibility index (Phi) is 8.30. The van der Waals surface area contributed by atoms with Gasteiger partial charge in [0.25, 0.3) is 0 Å². The van der Waals surface area contributed by atoms with Crippen molar-refractivity contribution < 1.29 is 27.5 Å². The van der Waals surface area contributed by atoms with Gasteiger partial charge in [0.05, 0.1) is 12.0 Å². The summed E-state index contributed by atoms with van der Waals surface area (Å²) in [6.45, 7) is 1.37. The van der Waals surface area contributed by atoms with E-state index in [0.717, 1.165) is 32.1 Å². The van der Waals surface area contributed by atoms with E-state index >= 15 is 0 Å². The minimum absolute atomic E-state index is 0.0371. The summed E-state index contributed by atoms with van der Waals surface area (Å²) < 4.78 is 32.1. The summed E-state index contributed by atoms with van der Waals surface area (Å²) in [4.78, 5) is 39.4. The first-order chi connectivity index (χ1) is 15.7. The van der Waals surface area contributed by atoms with Crippen LogP contribution in [-0.4, -0.2) is 80.4 Å². The highest BCUT2D eigenvalue weighted by Crippen LogP contribution is 2.22. The Hall–Kier alpha value is -2.66. The Labute approximate surface area is 194 Å². The molecule has 2 N–H and O–H groups in total. The molecule has 2 fully saturated rings. The van der Waals surface area contributed by atoms with Crippen LogP contribution in [0.15, 0.2) is 35.2 Å². The van der Waals surface area contributed by atoms with Crippen molar-refractivity contribution in [2.24, 2.45) is 0 Å². The summed E-state index contributed by atoms with van der Waals surface area (Å²) in [5.41, 5.74) is 0. The van der Waals surface area contributed by atoms with Gasteiger partial charge in [-0.2, -0.15) is 4.31 Å². The van der Waals surface area contributed by atoms with Gasteiger partial charge in [-0.1, -0.05) is 37.5 Å². The summed E-state index contributed by atoms with van der Waals surface area (Å²) in [6.07, 6.45) is 4.97. The first-order valence-electron chi connectivity index (χ1n) is 11.2. The Morgan fingerprint density at radius 3 is 2.36 bits per heavy atom. The van der Waals surface area contributed by atoms with Crippen LogP contribution in [0.4, 0.5) is 4.79 Å². The van der Waals surface area contributed by atoms with E-state index in [9.17, 15) is 22.8 Å². The normalized spacial score (nSPS) is 21.2. The first kappa shape index (κ1) is 25.0. The fourth-order valence-electron chi connectivity index (χ4n) is 4.23. The molecule has 1 saturated heterocycles. The summed E-state index contributed by atoms with van der Waals surface area (Å²) in [6, 6.07) is 5.57. The highest BCUT2D eigenvalue weighted by molar-refractivity contribution is 7.89. The number of amides is 3. The number of urea groups is 1. The third-order valence-electron chi connectivity index (χ3n) is 6.13. The molecule has 1 heterocycles. The molecular formula is C22H32N4O6S. The average Bonchev–Trinajstić information content (AvgIpc) is 2.84. The van der Waals surface area contributed by atoms with Gasteiger partial charge < -0.3 is 20.3 Å². The van der Waals surface area contributed by atoms with Crippen LogP contribution in [0.3, 0.4) is 0 Å². The number of esters is 1. The highest BCUT2D eigenvalue weighted by Gasteiger charge is 2.41. The van der Waals surface area contributed by atoms with E-state index in [1.165, 1.54) is 35.4 Å². The van der Waals surface area contributed by atoms with Crippen molar-refractivity contribution in [3.8, 4) is 0 Å². The standard InChI is InChI=1S/C22H32N4O6S/c1-16(21(28)32-2)23-20(27)19-15-25(33(30,31)18-11-7-4-8-12-18)13-14-26(19)22(29)24-17-9-5-3-6-10-17/h4,7-8,11-12,16-17,19H,3,5-6,9-10,13-15H2,1-2H3,(H,23,27)(H,24,29). The zero-order valence-electron chi connectivity index (χ0n) is 19.0. The monoisotopic (exact) mass is 480 g/mol. The molecule has 0 radical (unpaired) electrons. The second-order valence-electron chi connectivity index (χ2n) is 8.42. The Bertz CT molecular complexity index is 949. The minimum atomic E-state index is -3.85. The molecule has 1 saturated carbocycles. The molecule has 2 aliphatic rings. The van der Waals surface area contributed by atoms with Gasteiger partial charge in [-0.15, -0.1) is 0 Å². The number of nitrogens with zero attached hydrogens (tertiary/aromatic N) is 2. The quantitative estimate of drug-likeness (QED) is 0.587. The zero-order chi connectivity index (χ0) is 24.0. The molecule has 182 valence electrons. The third kappa shape index (κ3) is 6.02. The molecule has 33 heavy (non-hydrogen) atoms. The molecule has 2 unspecified atom stereocenters. The fourth-order valence-corrected chi connectivity index (χ4v) is 5.69. The number of nitrogens with one attached hydrogen (secondary N) is 2. The second kappa shape index (κ2) is 11.0. The Morgan fingerprint density at radius 1 is 1.06 bits per heavy atom. The summed E-state index contributed by atoms with van der Waals surface area (Å²) in [7, 11) is -2.64. The zero-order valence-corrected chi connectivity index (χ0v) is 19.8. The van der Waals surface area contributed by atoms with Crippen molar-refractivity contribution in [1.29, 1.82) is 0 Å². The molecule has 1 aromatic carbocycles. The van der Waals surface area contributed by atoms with Crippen LogP contribution in [-0.2, 0) is 24.3 Å². The molecule has 10 nitrogen and oxygen atoms in total. The van der Waals surface area contributed by atoms with Gasteiger partial charge in [-0.3, -0.25) is 4.79 Å². The predicted octanol–water partition coefficient (Wildman–Crippen LogP) is 1.08. The van der Waals surface area contributed by atoms with Gasteiger partial charge in [-0.25, -0.2) is 18.0 Å². The number of hydrogen-bond donors (Lipinski definition) is 2. The number of benzene rings is 1. The maximum atomic E-state index is 13.1. The Balaban J connectivity index is 1.80. The molecular weight excluding hydrogens is 448 g/mol. The van der Waals surface area contributed by atoms with Crippen LogP contribution in [0.1, 0.15) is 39.0 Å². The van der Waals surface area contributed by atoms with Gasteiger partial charge in [-0.05, 0) is 31.9 Å². The third-order valence-corrected chi connectivity index (χ3v) is 8.01. The number of methoxy groups -OCH3 is 1. The van der Waals surface area contributed by atoms with E-state index in [-0.39, 0.29) is 30.6 Å². The van der Waals surface area contributed by atoms with Crippen molar-refractivity contribution in [2.75, 3.05) is 26.7 Å². The predicted molar refractivity (Wildman–Crippen MR) is 121 cm³/mol. The maximum Gasteiger partial charge on any atom is 0.328 e. The maximum absolute atomic E-state index is 13.1. The summed E-state index contributed by atoms with van der Waals surface area (Å²) in [5.74, 6) is -1.24. The van der Waals surface area contributed by atoms with Gasteiger partial charge in [0.15, 0.2) is 0 Å². The van der Waals surface area contributed by atoms with E-state index < -0.39 is 40.0 Å². The smallest absolute Gasteiger partial charge is 0.328 e. The van der Waals surface area contributed by atoms with Crippen molar-refractivity contribution in [1.82, 2.24) is 19.8 Å². The second-order valence-corrected chi connectivity index (χ2v) is 10.4. The van der Waals surface area contributed by atoms with E-state index in [1.54, 1.807) is 18.2 Å². The van der Waals surface area contributed by atoms with Crippen LogP contribution >= 0.6 is 0 Å². The lowest BCUT2D eigenvalue weighted by Gasteiger charge is -2.40. The summed E-state index contributed by atoms with van der Waals surface area (Å²) >= 11 is 0. The topological polar surface area (TPSA) is 125 Å². The summed E-state index contributed by atoms with van der Waals surface area (Å²) in [5, 5.41) is 5.54. The molecule has 0 spiro atoms. The molecule has 1 aliphatic carbocycles. The molecule has 0 aromatic heterocycles. The van der Waals surface area contributed by atoms with E-state index in [2.05, 4.69) is 15.4 Å². The van der Waals surface area contributed by atoms with Gasteiger partial charge >= 0.3 is 12.0 Å². The van der Waals surface area contributed by atoms with Crippen LogP contribution in [0.25, 0.3) is 0 Å². The SMILES string of the molecule is COC(=O)C(C)NC(=O)C1CN(S(=O)(=O)c2ccccc2)CCN1C(=O)NC1CCCCC1. The highest BCUT2D eigenvalue weighted by atomic mass is 32.2.